The van der Waals surface area contributed by atoms with Crippen LogP contribution in [-0.4, -0.2) is 57.0 Å². The lowest BCUT2D eigenvalue weighted by atomic mass is 10.1. The van der Waals surface area contributed by atoms with Gasteiger partial charge in [0.25, 0.3) is 0 Å². The van der Waals surface area contributed by atoms with Crippen molar-refractivity contribution in [1.29, 1.82) is 0 Å². The molecule has 2 aromatic carbocycles. The molecule has 0 fully saturated rings. The van der Waals surface area contributed by atoms with E-state index in [0.29, 0.717) is 26.1 Å². The first-order valence-electron chi connectivity index (χ1n) is 14.1. The zero-order valence-electron chi connectivity index (χ0n) is 27.6. The zero-order chi connectivity index (χ0) is 35.6. The number of sulfonamides is 2. The van der Waals surface area contributed by atoms with Crippen LogP contribution < -0.4 is 20.5 Å². The van der Waals surface area contributed by atoms with Crippen molar-refractivity contribution < 1.29 is 31.5 Å². The number of rotatable bonds is 9. The summed E-state index contributed by atoms with van der Waals surface area (Å²) in [6.07, 6.45) is -0.0746. The van der Waals surface area contributed by atoms with E-state index in [1.165, 1.54) is 18.2 Å². The number of aliphatic carboxylic acids is 1. The molecule has 2 rings (SSSR count). The van der Waals surface area contributed by atoms with Gasteiger partial charge in [0, 0.05) is 26.1 Å². The number of amides is 1. The Labute approximate surface area is 285 Å². The first-order chi connectivity index (χ1) is 20.1. The molecule has 45 heavy (non-hydrogen) atoms. The van der Waals surface area contributed by atoms with E-state index in [9.17, 15) is 26.4 Å². The number of hydrogen-bond acceptors (Lipinski definition) is 7. The number of carboxylic acids is 1. The van der Waals surface area contributed by atoms with E-state index in [0.717, 1.165) is 0 Å². The van der Waals surface area contributed by atoms with Gasteiger partial charge in [-0.2, -0.15) is 0 Å². The van der Waals surface area contributed by atoms with Crippen molar-refractivity contribution in [1.82, 2.24) is 14.8 Å². The molecule has 256 valence electrons. The van der Waals surface area contributed by atoms with Crippen molar-refractivity contribution in [3.63, 3.8) is 0 Å². The summed E-state index contributed by atoms with van der Waals surface area (Å²) in [5.41, 5.74) is 5.00. The standard InChI is InChI=1S/C15H23BrN2O3S.C12H16BrNO4S.C3H9N/c1-10(2)17-14(19)9-11-6-7-12(16)13(8-11)22(20,21)18-15(3,4)5;1-12(2,3)14-19(17,18)10-6-8(7-11(15)16)4-5-9(10)13;1-3(2)4/h6-8,10,18H,9H2,1-5H3,(H,17,19);4-6,14H,7H2,1-3H3,(H,15,16);3H,4H2,1-2H3. The van der Waals surface area contributed by atoms with Crippen molar-refractivity contribution in [2.24, 2.45) is 5.73 Å². The highest BCUT2D eigenvalue weighted by atomic mass is 79.9. The summed E-state index contributed by atoms with van der Waals surface area (Å²) >= 11 is 6.43. The molecule has 0 atom stereocenters. The van der Waals surface area contributed by atoms with Crippen LogP contribution in [0.1, 0.15) is 80.4 Å². The maximum atomic E-state index is 12.4. The van der Waals surface area contributed by atoms with Crippen LogP contribution in [0, 0.1) is 0 Å². The molecular formula is C30H48Br2N4O7S2. The summed E-state index contributed by atoms with van der Waals surface area (Å²) in [5, 5.41) is 11.5. The maximum absolute atomic E-state index is 12.4. The van der Waals surface area contributed by atoms with Gasteiger partial charge >= 0.3 is 5.97 Å². The molecule has 6 N–H and O–H groups in total. The largest absolute Gasteiger partial charge is 0.481 e. The smallest absolute Gasteiger partial charge is 0.307 e. The van der Waals surface area contributed by atoms with Gasteiger partial charge in [0.15, 0.2) is 0 Å². The van der Waals surface area contributed by atoms with Crippen LogP contribution in [0.25, 0.3) is 0 Å². The molecule has 15 heteroatoms. The van der Waals surface area contributed by atoms with Gasteiger partial charge < -0.3 is 16.2 Å². The van der Waals surface area contributed by atoms with Crippen molar-refractivity contribution in [3.05, 3.63) is 56.5 Å². The van der Waals surface area contributed by atoms with Crippen LogP contribution in [0.15, 0.2) is 55.1 Å². The lowest BCUT2D eigenvalue weighted by molar-refractivity contribution is -0.136. The second kappa shape index (κ2) is 17.9. The Hall–Kier alpha value is -1.88. The second-order valence-electron chi connectivity index (χ2n) is 13.0. The quantitative estimate of drug-likeness (QED) is 0.232. The van der Waals surface area contributed by atoms with Crippen molar-refractivity contribution >= 4 is 63.8 Å². The van der Waals surface area contributed by atoms with E-state index in [-0.39, 0.29) is 34.6 Å². The Bertz CT molecular complexity index is 1510. The Morgan fingerprint density at radius 2 is 1.09 bits per heavy atom. The Kier molecular flexibility index (Phi) is 17.1. The summed E-state index contributed by atoms with van der Waals surface area (Å²) in [5.74, 6) is -1.14. The topological polar surface area (TPSA) is 185 Å². The van der Waals surface area contributed by atoms with Crippen LogP contribution in [0.5, 0.6) is 0 Å². The van der Waals surface area contributed by atoms with E-state index in [4.69, 9.17) is 10.8 Å². The molecule has 1 amide bonds. The molecule has 0 saturated heterocycles. The number of carboxylic acid groups (broad SMARTS) is 1. The van der Waals surface area contributed by atoms with E-state index in [1.807, 2.05) is 27.7 Å². The first kappa shape index (κ1) is 43.1. The summed E-state index contributed by atoms with van der Waals surface area (Å²) in [4.78, 5) is 22.7. The predicted octanol–water partition coefficient (Wildman–Crippen LogP) is 5.10. The summed E-state index contributed by atoms with van der Waals surface area (Å²) in [6.45, 7) is 18.2. The predicted molar refractivity (Wildman–Crippen MR) is 186 cm³/mol. The van der Waals surface area contributed by atoms with Gasteiger partial charge in [-0.1, -0.05) is 26.0 Å². The Morgan fingerprint density at radius 1 is 0.756 bits per heavy atom. The number of carbonyl (C=O) groups is 2. The van der Waals surface area contributed by atoms with Crippen LogP contribution >= 0.6 is 31.9 Å². The van der Waals surface area contributed by atoms with Crippen LogP contribution in [0.2, 0.25) is 0 Å². The fourth-order valence-electron chi connectivity index (χ4n) is 3.38. The normalized spacial score (nSPS) is 12.2. The molecule has 0 unspecified atom stereocenters. The van der Waals surface area contributed by atoms with Crippen molar-refractivity contribution in [3.8, 4) is 0 Å². The van der Waals surface area contributed by atoms with Crippen LogP contribution in [0.3, 0.4) is 0 Å². The molecule has 0 heterocycles. The molecule has 0 spiro atoms. The number of halogens is 2. The third-order valence-corrected chi connectivity index (χ3v) is 10.1. The molecule has 0 bridgehead atoms. The van der Waals surface area contributed by atoms with E-state index >= 15 is 0 Å². The highest BCUT2D eigenvalue weighted by Gasteiger charge is 2.26. The van der Waals surface area contributed by atoms with E-state index < -0.39 is 37.1 Å². The van der Waals surface area contributed by atoms with Gasteiger partial charge in [0.05, 0.1) is 22.6 Å². The molecule has 0 aliphatic heterocycles. The van der Waals surface area contributed by atoms with Gasteiger partial charge in [-0.3, -0.25) is 9.59 Å². The van der Waals surface area contributed by atoms with Crippen LogP contribution in [-0.2, 0) is 42.5 Å². The number of nitrogens with two attached hydrogens (primary N) is 1. The fourth-order valence-corrected chi connectivity index (χ4v) is 8.24. The summed E-state index contributed by atoms with van der Waals surface area (Å²) < 4.78 is 55.3. The van der Waals surface area contributed by atoms with Gasteiger partial charge in [0.1, 0.15) is 0 Å². The lowest BCUT2D eigenvalue weighted by Crippen LogP contribution is -2.40. The highest BCUT2D eigenvalue weighted by Crippen LogP contribution is 2.26. The van der Waals surface area contributed by atoms with Gasteiger partial charge in [-0.25, -0.2) is 26.3 Å². The molecule has 0 aliphatic rings. The fraction of sp³-hybridized carbons (Fsp3) is 0.533. The number of benzene rings is 2. The summed E-state index contributed by atoms with van der Waals surface area (Å²) in [6, 6.07) is 9.78. The molecular weight excluding hydrogens is 752 g/mol. The molecule has 0 radical (unpaired) electrons. The zero-order valence-corrected chi connectivity index (χ0v) is 32.4. The minimum Gasteiger partial charge on any atom is -0.481 e. The van der Waals surface area contributed by atoms with Gasteiger partial charge in [-0.15, -0.1) is 0 Å². The molecule has 2 aromatic rings. The molecule has 0 aliphatic carbocycles. The third-order valence-electron chi connectivity index (χ3n) is 4.62. The van der Waals surface area contributed by atoms with E-state index in [2.05, 4.69) is 46.6 Å². The minimum atomic E-state index is -3.70. The number of nitrogens with one attached hydrogen (secondary N) is 3. The highest BCUT2D eigenvalue weighted by molar-refractivity contribution is 9.10. The molecule has 0 saturated carbocycles. The molecule has 0 aromatic heterocycles. The first-order valence-corrected chi connectivity index (χ1v) is 18.6. The van der Waals surface area contributed by atoms with E-state index in [1.54, 1.807) is 59.7 Å². The summed E-state index contributed by atoms with van der Waals surface area (Å²) in [7, 11) is -7.36. The SMILES string of the molecule is CC(C)(C)NS(=O)(=O)c1cc(CC(=O)O)ccc1Br.CC(C)N.CC(C)NC(=O)Cc1ccc(Br)c(S(=O)(=O)NC(C)(C)C)c1. The van der Waals surface area contributed by atoms with Crippen molar-refractivity contribution in [2.45, 2.75) is 115 Å². The monoisotopic (exact) mass is 798 g/mol. The lowest BCUT2D eigenvalue weighted by Gasteiger charge is -2.21. The molecule has 11 nitrogen and oxygen atoms in total. The Morgan fingerprint density at radius 3 is 1.38 bits per heavy atom. The Balaban J connectivity index is 0.000000775. The minimum absolute atomic E-state index is 0.0428. The number of hydrogen-bond donors (Lipinski definition) is 5. The average molecular weight is 801 g/mol. The number of carbonyl (C=O) groups excluding carboxylic acids is 1. The van der Waals surface area contributed by atoms with Gasteiger partial charge in [-0.05, 0) is 129 Å². The third kappa shape index (κ3) is 18.8. The maximum Gasteiger partial charge on any atom is 0.307 e. The average Bonchev–Trinajstić information content (AvgIpc) is 2.77. The van der Waals surface area contributed by atoms with Crippen molar-refractivity contribution in [2.75, 3.05) is 0 Å². The van der Waals surface area contributed by atoms with Gasteiger partial charge in [0.2, 0.25) is 26.0 Å². The second-order valence-corrected chi connectivity index (χ2v) is 18.0. The van der Waals surface area contributed by atoms with Crippen LogP contribution in [0.4, 0.5) is 0 Å².